The van der Waals surface area contributed by atoms with Crippen LogP contribution in [0, 0.1) is 0 Å². The fourth-order valence-corrected chi connectivity index (χ4v) is 4.75. The Hall–Kier alpha value is -3.11. The number of aliphatic imine (C=N–C) groups is 1. The Labute approximate surface area is 164 Å². The zero-order valence-corrected chi connectivity index (χ0v) is 15.5. The summed E-state index contributed by atoms with van der Waals surface area (Å²) < 4.78 is 0. The van der Waals surface area contributed by atoms with Crippen molar-refractivity contribution in [3.8, 4) is 16.9 Å². The molecule has 3 aromatic carbocycles. The number of fused-ring (bicyclic) bond motifs is 5. The molecule has 0 bridgehead atoms. The molecule has 2 aliphatic rings. The highest BCUT2D eigenvalue weighted by Gasteiger charge is 2.53. The van der Waals surface area contributed by atoms with Crippen LogP contribution in [0.15, 0.2) is 77.8 Å². The van der Waals surface area contributed by atoms with E-state index >= 15 is 0 Å². The van der Waals surface area contributed by atoms with Crippen molar-refractivity contribution in [3.05, 3.63) is 89.5 Å². The predicted octanol–water partition coefficient (Wildman–Crippen LogP) is 4.08. The summed E-state index contributed by atoms with van der Waals surface area (Å²) in [6.07, 6.45) is 2.62. The summed E-state index contributed by atoms with van der Waals surface area (Å²) in [5, 5.41) is 19.2. The van der Waals surface area contributed by atoms with Crippen molar-refractivity contribution in [3.63, 3.8) is 0 Å². The van der Waals surface area contributed by atoms with Gasteiger partial charge in [-0.25, -0.2) is 0 Å². The number of nitrogens with zero attached hydrogens (tertiary/aromatic N) is 2. The van der Waals surface area contributed by atoms with Crippen LogP contribution in [-0.4, -0.2) is 34.6 Å². The van der Waals surface area contributed by atoms with E-state index < -0.39 is 5.54 Å². The molecule has 0 saturated carbocycles. The van der Waals surface area contributed by atoms with Crippen LogP contribution in [0.25, 0.3) is 11.1 Å². The van der Waals surface area contributed by atoms with Gasteiger partial charge in [-0.05, 0) is 46.4 Å². The third-order valence-electron chi connectivity index (χ3n) is 5.89. The Morgan fingerprint density at radius 2 is 1.46 bits per heavy atom. The molecule has 1 spiro atoms. The molecule has 1 atom stereocenters. The molecule has 4 heteroatoms. The minimum Gasteiger partial charge on any atom is -0.508 e. The number of rotatable bonds is 4. The summed E-state index contributed by atoms with van der Waals surface area (Å²) in [4.78, 5) is 7.34. The lowest BCUT2D eigenvalue weighted by Gasteiger charge is -2.36. The van der Waals surface area contributed by atoms with E-state index in [4.69, 9.17) is 4.99 Å². The average Bonchev–Trinajstić information content (AvgIpc) is 3.25. The monoisotopic (exact) mass is 370 g/mol. The Morgan fingerprint density at radius 1 is 0.857 bits per heavy atom. The molecule has 5 rings (SSSR count). The van der Waals surface area contributed by atoms with Gasteiger partial charge in [-0.1, -0.05) is 60.7 Å². The summed E-state index contributed by atoms with van der Waals surface area (Å²) in [5.74, 6) is 0.255. The van der Waals surface area contributed by atoms with Crippen molar-refractivity contribution in [1.82, 2.24) is 4.90 Å². The average molecular weight is 370 g/mol. The van der Waals surface area contributed by atoms with Crippen molar-refractivity contribution in [2.45, 2.75) is 18.0 Å². The van der Waals surface area contributed by atoms with Gasteiger partial charge in [-0.2, -0.15) is 0 Å². The summed E-state index contributed by atoms with van der Waals surface area (Å²) in [7, 11) is 0. The number of hydrogen-bond acceptors (Lipinski definition) is 4. The van der Waals surface area contributed by atoms with Crippen molar-refractivity contribution < 1.29 is 10.2 Å². The van der Waals surface area contributed by atoms with E-state index in [1.54, 1.807) is 12.1 Å². The van der Waals surface area contributed by atoms with E-state index in [0.717, 1.165) is 12.1 Å². The number of aliphatic hydroxyl groups is 1. The van der Waals surface area contributed by atoms with Crippen molar-refractivity contribution in [2.75, 3.05) is 13.2 Å². The summed E-state index contributed by atoms with van der Waals surface area (Å²) >= 11 is 0. The molecular formula is C24H22N2O2. The standard InChI is InChI=1S/C24H22N2O2/c27-15-5-14-26-16-25-24(23(26)17-10-12-18(28)13-11-17)21-8-3-1-6-19(21)20-7-2-4-9-22(20)24/h1-4,6-13,16,23,27-28H,5,14-15H2. The van der Waals surface area contributed by atoms with E-state index in [9.17, 15) is 10.2 Å². The molecule has 0 radical (unpaired) electrons. The highest BCUT2D eigenvalue weighted by atomic mass is 16.3. The van der Waals surface area contributed by atoms with Gasteiger partial charge in [0, 0.05) is 13.2 Å². The first-order valence-corrected chi connectivity index (χ1v) is 9.66. The van der Waals surface area contributed by atoms with E-state index in [1.807, 2.05) is 18.5 Å². The largest absolute Gasteiger partial charge is 0.508 e. The molecule has 0 fully saturated rings. The second-order valence-electron chi connectivity index (χ2n) is 7.41. The van der Waals surface area contributed by atoms with Gasteiger partial charge in [-0.3, -0.25) is 4.99 Å². The van der Waals surface area contributed by atoms with E-state index in [0.29, 0.717) is 6.42 Å². The maximum Gasteiger partial charge on any atom is 0.138 e. The van der Waals surface area contributed by atoms with Crippen LogP contribution in [0.1, 0.15) is 29.2 Å². The zero-order valence-electron chi connectivity index (χ0n) is 15.5. The summed E-state index contributed by atoms with van der Waals surface area (Å²) in [6, 6.07) is 24.4. The van der Waals surface area contributed by atoms with Crippen LogP contribution in [0.3, 0.4) is 0 Å². The van der Waals surface area contributed by atoms with Crippen LogP contribution in [-0.2, 0) is 5.54 Å². The third-order valence-corrected chi connectivity index (χ3v) is 5.89. The number of aromatic hydroxyl groups is 1. The molecular weight excluding hydrogens is 348 g/mol. The summed E-state index contributed by atoms with van der Waals surface area (Å²) in [5.41, 5.74) is 5.43. The molecule has 28 heavy (non-hydrogen) atoms. The first kappa shape index (κ1) is 17.0. The molecule has 1 heterocycles. The molecule has 3 aromatic rings. The topological polar surface area (TPSA) is 56.1 Å². The van der Waals surface area contributed by atoms with Gasteiger partial charge >= 0.3 is 0 Å². The third kappa shape index (κ3) is 2.31. The van der Waals surface area contributed by atoms with Crippen LogP contribution in [0.5, 0.6) is 5.75 Å². The van der Waals surface area contributed by atoms with E-state index in [1.165, 1.54) is 22.3 Å². The fourth-order valence-electron chi connectivity index (χ4n) is 4.75. The maximum absolute atomic E-state index is 9.80. The molecule has 2 N–H and O–H groups in total. The van der Waals surface area contributed by atoms with Gasteiger partial charge in [0.15, 0.2) is 0 Å². The Bertz CT molecular complexity index is 997. The lowest BCUT2D eigenvalue weighted by molar-refractivity contribution is 0.229. The number of phenolic OH excluding ortho intramolecular Hbond substituents is 1. The van der Waals surface area contributed by atoms with Crippen LogP contribution < -0.4 is 0 Å². The van der Waals surface area contributed by atoms with Gasteiger partial charge in [0.2, 0.25) is 0 Å². The smallest absolute Gasteiger partial charge is 0.138 e. The van der Waals surface area contributed by atoms with Crippen LogP contribution in [0.4, 0.5) is 0 Å². The van der Waals surface area contributed by atoms with Gasteiger partial charge in [0.25, 0.3) is 0 Å². The number of phenols is 1. The van der Waals surface area contributed by atoms with E-state index in [-0.39, 0.29) is 18.4 Å². The maximum atomic E-state index is 9.80. The van der Waals surface area contributed by atoms with Gasteiger partial charge in [-0.15, -0.1) is 0 Å². The Morgan fingerprint density at radius 3 is 2.07 bits per heavy atom. The highest BCUT2D eigenvalue weighted by molar-refractivity contribution is 5.84. The SMILES string of the molecule is OCCCN1C=NC2(c3ccccc3-c3ccccc32)C1c1ccc(O)cc1. The van der Waals surface area contributed by atoms with Gasteiger partial charge < -0.3 is 15.1 Å². The number of benzene rings is 3. The molecule has 1 aliphatic carbocycles. The van der Waals surface area contributed by atoms with Gasteiger partial charge in [0.05, 0.1) is 12.4 Å². The zero-order chi connectivity index (χ0) is 19.1. The Kier molecular flexibility index (Phi) is 3.95. The van der Waals surface area contributed by atoms with Crippen molar-refractivity contribution in [1.29, 1.82) is 0 Å². The lowest BCUT2D eigenvalue weighted by Crippen LogP contribution is -2.37. The van der Waals surface area contributed by atoms with Crippen molar-refractivity contribution in [2.24, 2.45) is 4.99 Å². The Balaban J connectivity index is 1.75. The molecule has 0 amide bonds. The predicted molar refractivity (Wildman–Crippen MR) is 110 cm³/mol. The highest BCUT2D eigenvalue weighted by Crippen LogP contribution is 2.58. The minimum absolute atomic E-state index is 0.0375. The molecule has 1 unspecified atom stereocenters. The van der Waals surface area contributed by atoms with E-state index in [2.05, 4.69) is 53.4 Å². The van der Waals surface area contributed by atoms with Gasteiger partial charge in [0.1, 0.15) is 11.3 Å². The van der Waals surface area contributed by atoms with Crippen molar-refractivity contribution >= 4 is 6.34 Å². The second-order valence-corrected chi connectivity index (χ2v) is 7.41. The number of aliphatic hydroxyl groups excluding tert-OH is 1. The van der Waals surface area contributed by atoms with Crippen LogP contribution >= 0.6 is 0 Å². The fraction of sp³-hybridized carbons (Fsp3) is 0.208. The molecule has 0 saturated heterocycles. The first-order chi connectivity index (χ1) is 13.8. The first-order valence-electron chi connectivity index (χ1n) is 9.66. The molecule has 140 valence electrons. The number of hydrogen-bond donors (Lipinski definition) is 2. The van der Waals surface area contributed by atoms with Crippen LogP contribution in [0.2, 0.25) is 0 Å². The lowest BCUT2D eigenvalue weighted by atomic mass is 9.78. The second kappa shape index (κ2) is 6.50. The molecule has 4 nitrogen and oxygen atoms in total. The summed E-state index contributed by atoms with van der Waals surface area (Å²) in [6.45, 7) is 0.866. The molecule has 1 aliphatic heterocycles. The quantitative estimate of drug-likeness (QED) is 0.727. The normalized spacial score (nSPS) is 18.5. The molecule has 0 aromatic heterocycles. The minimum atomic E-state index is -0.528.